The lowest BCUT2D eigenvalue weighted by molar-refractivity contribution is 0.877. The van der Waals surface area contributed by atoms with Crippen LogP contribution in [-0.4, -0.2) is 9.97 Å². The molecule has 0 saturated heterocycles. The maximum Gasteiger partial charge on any atom is 0.184 e. The van der Waals surface area contributed by atoms with Gasteiger partial charge in [-0.3, -0.25) is 4.98 Å². The van der Waals surface area contributed by atoms with Crippen molar-refractivity contribution in [2.75, 3.05) is 5.32 Å². The number of halogens is 1. The van der Waals surface area contributed by atoms with Gasteiger partial charge in [0.2, 0.25) is 0 Å². The minimum Gasteiger partial charge on any atom is -0.355 e. The highest BCUT2D eigenvalue weighted by atomic mass is 79.9. The fourth-order valence-corrected chi connectivity index (χ4v) is 2.47. The van der Waals surface area contributed by atoms with E-state index in [4.69, 9.17) is 0 Å². The largest absolute Gasteiger partial charge is 0.355 e. The summed E-state index contributed by atoms with van der Waals surface area (Å²) in [6, 6.07) is 4.24. The van der Waals surface area contributed by atoms with Gasteiger partial charge in [-0.05, 0) is 40.5 Å². The number of hydrogen-bond donors (Lipinski definition) is 1. The Morgan fingerprint density at radius 1 is 1.40 bits per heavy atom. The molecule has 0 spiro atoms. The molecule has 0 aliphatic heterocycles. The van der Waals surface area contributed by atoms with E-state index in [1.54, 1.807) is 23.7 Å². The Morgan fingerprint density at radius 2 is 2.13 bits per heavy atom. The first-order valence-corrected chi connectivity index (χ1v) is 6.20. The molecule has 5 heteroatoms. The number of pyridine rings is 1. The van der Waals surface area contributed by atoms with Gasteiger partial charge in [0.05, 0.1) is 6.04 Å². The zero-order valence-electron chi connectivity index (χ0n) is 8.14. The Bertz CT molecular complexity index is 429. The lowest BCUT2D eigenvalue weighted by Gasteiger charge is -2.12. The zero-order valence-corrected chi connectivity index (χ0v) is 10.5. The highest BCUT2D eigenvalue weighted by molar-refractivity contribution is 9.10. The zero-order chi connectivity index (χ0) is 10.7. The van der Waals surface area contributed by atoms with E-state index in [1.165, 1.54) is 5.56 Å². The third kappa shape index (κ3) is 2.76. The minimum atomic E-state index is 0.242. The van der Waals surface area contributed by atoms with Crippen LogP contribution in [-0.2, 0) is 0 Å². The first-order chi connectivity index (χ1) is 7.25. The van der Waals surface area contributed by atoms with E-state index >= 15 is 0 Å². The Labute approximate surface area is 101 Å². The van der Waals surface area contributed by atoms with Gasteiger partial charge in [0, 0.05) is 17.8 Å². The normalized spacial score (nSPS) is 12.4. The molecule has 0 aliphatic rings. The Kier molecular flexibility index (Phi) is 3.33. The third-order valence-corrected chi connectivity index (χ3v) is 3.51. The van der Waals surface area contributed by atoms with Crippen LogP contribution in [0.5, 0.6) is 0 Å². The number of nitrogens with one attached hydrogen (secondary N) is 1. The molecule has 15 heavy (non-hydrogen) atoms. The summed E-state index contributed by atoms with van der Waals surface area (Å²) >= 11 is 4.92. The van der Waals surface area contributed by atoms with E-state index in [1.807, 2.05) is 17.5 Å². The molecule has 2 rings (SSSR count). The van der Waals surface area contributed by atoms with Crippen molar-refractivity contribution in [3.8, 4) is 0 Å². The molecule has 0 radical (unpaired) electrons. The fraction of sp³-hybridized carbons (Fsp3) is 0.200. The maximum atomic E-state index is 4.28. The number of hydrogen-bond acceptors (Lipinski definition) is 4. The monoisotopic (exact) mass is 283 g/mol. The number of nitrogens with zero attached hydrogens (tertiary/aromatic N) is 2. The molecule has 2 aromatic rings. The predicted molar refractivity (Wildman–Crippen MR) is 66.1 cm³/mol. The standard InChI is InChI=1S/C10H10BrN3S/c1-7(8-2-4-12-5-3-8)13-10-14-9(11)6-15-10/h2-7H,1H3,(H,13,14). The summed E-state index contributed by atoms with van der Waals surface area (Å²) in [6.07, 6.45) is 3.59. The van der Waals surface area contributed by atoms with Crippen molar-refractivity contribution >= 4 is 32.4 Å². The van der Waals surface area contributed by atoms with Crippen molar-refractivity contribution in [2.24, 2.45) is 0 Å². The predicted octanol–water partition coefficient (Wildman–Crippen LogP) is 3.47. The molecular weight excluding hydrogens is 274 g/mol. The smallest absolute Gasteiger partial charge is 0.184 e. The van der Waals surface area contributed by atoms with Gasteiger partial charge >= 0.3 is 0 Å². The summed E-state index contributed by atoms with van der Waals surface area (Å²) in [5, 5.41) is 6.21. The number of rotatable bonds is 3. The van der Waals surface area contributed by atoms with Gasteiger partial charge in [0.1, 0.15) is 4.60 Å². The second-order valence-corrected chi connectivity index (χ2v) is 4.79. The molecule has 0 bridgehead atoms. The molecule has 0 fully saturated rings. The summed E-state index contributed by atoms with van der Waals surface area (Å²) in [4.78, 5) is 8.28. The van der Waals surface area contributed by atoms with Crippen molar-refractivity contribution in [1.29, 1.82) is 0 Å². The van der Waals surface area contributed by atoms with Crippen LogP contribution in [0.1, 0.15) is 18.5 Å². The number of thiazole rings is 1. The maximum absolute atomic E-state index is 4.28. The SMILES string of the molecule is CC(Nc1nc(Br)cs1)c1ccncc1. The first kappa shape index (κ1) is 10.6. The van der Waals surface area contributed by atoms with Crippen LogP contribution in [0.2, 0.25) is 0 Å². The second kappa shape index (κ2) is 4.72. The fourth-order valence-electron chi connectivity index (χ4n) is 1.24. The van der Waals surface area contributed by atoms with Crippen LogP contribution in [0.4, 0.5) is 5.13 Å². The van der Waals surface area contributed by atoms with E-state index in [2.05, 4.69) is 38.1 Å². The van der Waals surface area contributed by atoms with Crippen molar-refractivity contribution in [1.82, 2.24) is 9.97 Å². The molecule has 0 aromatic carbocycles. The highest BCUT2D eigenvalue weighted by Gasteiger charge is 2.06. The molecule has 1 atom stereocenters. The molecular formula is C10H10BrN3S. The molecule has 0 saturated carbocycles. The lowest BCUT2D eigenvalue weighted by Crippen LogP contribution is -2.06. The van der Waals surface area contributed by atoms with Gasteiger partial charge in [-0.1, -0.05) is 0 Å². The Balaban J connectivity index is 2.07. The van der Waals surface area contributed by atoms with Crippen LogP contribution in [0.25, 0.3) is 0 Å². The van der Waals surface area contributed by atoms with Crippen LogP contribution >= 0.6 is 27.3 Å². The number of anilines is 1. The topological polar surface area (TPSA) is 37.8 Å². The third-order valence-electron chi connectivity index (χ3n) is 2.02. The highest BCUT2D eigenvalue weighted by Crippen LogP contribution is 2.24. The van der Waals surface area contributed by atoms with Gasteiger partial charge < -0.3 is 5.32 Å². The molecule has 1 unspecified atom stereocenters. The van der Waals surface area contributed by atoms with Crippen molar-refractivity contribution < 1.29 is 0 Å². The molecule has 0 amide bonds. The van der Waals surface area contributed by atoms with E-state index in [9.17, 15) is 0 Å². The molecule has 2 aromatic heterocycles. The molecule has 1 N–H and O–H groups in total. The molecule has 2 heterocycles. The van der Waals surface area contributed by atoms with Crippen molar-refractivity contribution in [3.05, 3.63) is 40.1 Å². The molecule has 3 nitrogen and oxygen atoms in total. The van der Waals surface area contributed by atoms with Crippen molar-refractivity contribution in [2.45, 2.75) is 13.0 Å². The first-order valence-electron chi connectivity index (χ1n) is 4.53. The average Bonchev–Trinajstić information content (AvgIpc) is 2.65. The van der Waals surface area contributed by atoms with E-state index in [0.717, 1.165) is 9.73 Å². The van der Waals surface area contributed by atoms with Gasteiger partial charge in [0.25, 0.3) is 0 Å². The van der Waals surface area contributed by atoms with Gasteiger partial charge in [0.15, 0.2) is 5.13 Å². The summed E-state index contributed by atoms with van der Waals surface area (Å²) in [5.41, 5.74) is 1.20. The van der Waals surface area contributed by atoms with Crippen LogP contribution in [0.15, 0.2) is 34.5 Å². The number of aromatic nitrogens is 2. The summed E-state index contributed by atoms with van der Waals surface area (Å²) < 4.78 is 0.872. The lowest BCUT2D eigenvalue weighted by atomic mass is 10.1. The van der Waals surface area contributed by atoms with E-state index in [-0.39, 0.29) is 6.04 Å². The van der Waals surface area contributed by atoms with Gasteiger partial charge in [-0.15, -0.1) is 11.3 Å². The van der Waals surface area contributed by atoms with Crippen LogP contribution in [0, 0.1) is 0 Å². The minimum absolute atomic E-state index is 0.242. The summed E-state index contributed by atoms with van der Waals surface area (Å²) in [5.74, 6) is 0. The van der Waals surface area contributed by atoms with Gasteiger partial charge in [-0.25, -0.2) is 4.98 Å². The van der Waals surface area contributed by atoms with Crippen LogP contribution in [0.3, 0.4) is 0 Å². The van der Waals surface area contributed by atoms with E-state index < -0.39 is 0 Å². The van der Waals surface area contributed by atoms with Crippen molar-refractivity contribution in [3.63, 3.8) is 0 Å². The molecule has 78 valence electrons. The summed E-state index contributed by atoms with van der Waals surface area (Å²) in [6.45, 7) is 2.10. The van der Waals surface area contributed by atoms with E-state index in [0.29, 0.717) is 0 Å². The Hall–Kier alpha value is -0.940. The summed E-state index contributed by atoms with van der Waals surface area (Å²) in [7, 11) is 0. The average molecular weight is 284 g/mol. The van der Waals surface area contributed by atoms with Gasteiger partial charge in [-0.2, -0.15) is 0 Å². The quantitative estimate of drug-likeness (QED) is 0.937. The Morgan fingerprint density at radius 3 is 2.73 bits per heavy atom. The van der Waals surface area contributed by atoms with Crippen LogP contribution < -0.4 is 5.32 Å². The molecule has 0 aliphatic carbocycles. The second-order valence-electron chi connectivity index (χ2n) is 3.12.